The first kappa shape index (κ1) is 17.3. The molecule has 0 spiro atoms. The Morgan fingerprint density at radius 2 is 1.04 bits per heavy atom. The quantitative estimate of drug-likeness (QED) is 0.538. The molecule has 2 rings (SSSR count). The molecule has 0 aliphatic rings. The topological polar surface area (TPSA) is 34.1 Å². The summed E-state index contributed by atoms with van der Waals surface area (Å²) in [6.45, 7) is 3.10. The minimum atomic E-state index is -0.185. The number of hydrogen-bond donors (Lipinski definition) is 0. The molecule has 0 bridgehead atoms. The fourth-order valence-corrected chi connectivity index (χ4v) is 3.56. The fraction of sp³-hybridized carbons (Fsp3) is 0.100. The normalized spacial score (nSPS) is 12.3. The van der Waals surface area contributed by atoms with Crippen LogP contribution in [0.4, 0.5) is 0 Å². The van der Waals surface area contributed by atoms with Crippen molar-refractivity contribution in [2.24, 2.45) is 0 Å². The van der Waals surface area contributed by atoms with Crippen molar-refractivity contribution in [1.82, 2.24) is 0 Å². The number of allylic oxidation sites excluding steroid dienone is 2. The summed E-state index contributed by atoms with van der Waals surface area (Å²) in [5.41, 5.74) is 1.94. The van der Waals surface area contributed by atoms with Gasteiger partial charge >= 0.3 is 145 Å². The molecule has 0 amide bonds. The van der Waals surface area contributed by atoms with Crippen molar-refractivity contribution < 1.29 is 27.6 Å². The summed E-state index contributed by atoms with van der Waals surface area (Å²) in [4.78, 5) is 23.9. The number of ketones is 2. The van der Waals surface area contributed by atoms with E-state index in [2.05, 4.69) is 0 Å². The van der Waals surface area contributed by atoms with E-state index in [0.29, 0.717) is 8.09 Å². The minimum absolute atomic E-state index is 0.00284. The third-order valence-electron chi connectivity index (χ3n) is 2.97. The number of rotatable bonds is 6. The molecule has 3 heteroatoms. The summed E-state index contributed by atoms with van der Waals surface area (Å²) >= 11 is -0.185. The molecule has 0 aliphatic heterocycles. The molecule has 0 aliphatic carbocycles. The number of carbonyl (C=O) groups is 2. The summed E-state index contributed by atoms with van der Waals surface area (Å²) in [5.74, 6) is 0.00568. The molecule has 0 saturated carbocycles. The molecule has 0 radical (unpaired) electrons. The predicted octanol–water partition coefficient (Wildman–Crippen LogP) is 4.33. The van der Waals surface area contributed by atoms with Crippen molar-refractivity contribution in [2.45, 2.75) is 13.8 Å². The molecule has 0 N–H and O–H groups in total. The van der Waals surface area contributed by atoms with Crippen LogP contribution in [0.15, 0.2) is 68.8 Å². The van der Waals surface area contributed by atoms with E-state index < -0.39 is 0 Å². The van der Waals surface area contributed by atoms with Gasteiger partial charge in [0.15, 0.2) is 0 Å². The Hall–Kier alpha value is -2.08. The summed E-state index contributed by atoms with van der Waals surface area (Å²) in [7, 11) is 0. The fourth-order valence-electron chi connectivity index (χ4n) is 1.82. The Labute approximate surface area is 145 Å². The Balaban J connectivity index is 2.33. The van der Waals surface area contributed by atoms with E-state index in [1.54, 1.807) is 13.8 Å². The van der Waals surface area contributed by atoms with Crippen molar-refractivity contribution >= 4 is 23.7 Å². The van der Waals surface area contributed by atoms with Gasteiger partial charge in [0.2, 0.25) is 0 Å². The zero-order chi connectivity index (χ0) is 16.7. The molecule has 2 nitrogen and oxygen atoms in total. The molecule has 2 aromatic rings. The Bertz CT molecular complexity index is 678. The number of hydrogen-bond acceptors (Lipinski definition) is 2. The van der Waals surface area contributed by atoms with Gasteiger partial charge in [-0.25, -0.2) is 0 Å². The third-order valence-corrected chi connectivity index (χ3v) is 5.35. The maximum atomic E-state index is 12.0. The third kappa shape index (κ3) is 5.56. The van der Waals surface area contributed by atoms with Gasteiger partial charge in [-0.1, -0.05) is 0 Å². The maximum absolute atomic E-state index is 12.0. The Kier molecular flexibility index (Phi) is 6.41. The van der Waals surface area contributed by atoms with Crippen LogP contribution >= 0.6 is 0 Å². The molecule has 23 heavy (non-hydrogen) atoms. The van der Waals surface area contributed by atoms with Crippen LogP contribution in [-0.2, 0) is 27.6 Å². The van der Waals surface area contributed by atoms with Crippen LogP contribution < -0.4 is 0 Å². The summed E-state index contributed by atoms with van der Waals surface area (Å²) in [6, 6.07) is 19.4. The van der Waals surface area contributed by atoms with Crippen LogP contribution in [0.5, 0.6) is 0 Å². The Morgan fingerprint density at radius 3 is 1.35 bits per heavy atom. The molecule has 0 unspecified atom stereocenters. The van der Waals surface area contributed by atoms with Crippen molar-refractivity contribution in [1.29, 1.82) is 0 Å². The van der Waals surface area contributed by atoms with E-state index in [0.717, 1.165) is 11.1 Å². The van der Waals surface area contributed by atoms with Crippen molar-refractivity contribution in [3.05, 3.63) is 79.9 Å². The van der Waals surface area contributed by atoms with Gasteiger partial charge in [-0.3, -0.25) is 0 Å². The average Bonchev–Trinajstić information content (AvgIpc) is 2.55. The molecule has 0 heterocycles. The van der Waals surface area contributed by atoms with Crippen molar-refractivity contribution in [3.63, 3.8) is 0 Å². The first-order valence-electron chi connectivity index (χ1n) is 7.20. The molecule has 2 aromatic carbocycles. The van der Waals surface area contributed by atoms with E-state index in [9.17, 15) is 9.59 Å². The second-order valence-corrected chi connectivity index (χ2v) is 6.99. The van der Waals surface area contributed by atoms with Crippen LogP contribution in [0.25, 0.3) is 12.2 Å². The van der Waals surface area contributed by atoms with Gasteiger partial charge in [-0.15, -0.1) is 0 Å². The van der Waals surface area contributed by atoms with Crippen LogP contribution in [0.1, 0.15) is 25.0 Å². The molecule has 0 fully saturated rings. The first-order valence-corrected chi connectivity index (χ1v) is 8.76. The summed E-state index contributed by atoms with van der Waals surface area (Å²) in [6.07, 6.45) is 3.75. The van der Waals surface area contributed by atoms with Gasteiger partial charge in [0, 0.05) is 0 Å². The van der Waals surface area contributed by atoms with Gasteiger partial charge in [-0.2, -0.15) is 0 Å². The van der Waals surface area contributed by atoms with E-state index in [1.165, 1.54) is 0 Å². The second kappa shape index (κ2) is 8.53. The molecular weight excluding hydrogens is 379 g/mol. The van der Waals surface area contributed by atoms with Crippen LogP contribution in [0.3, 0.4) is 0 Å². The van der Waals surface area contributed by atoms with E-state index >= 15 is 0 Å². The zero-order valence-electron chi connectivity index (χ0n) is 13.1. The average molecular weight is 397 g/mol. The van der Waals surface area contributed by atoms with E-state index in [1.807, 2.05) is 72.8 Å². The predicted molar refractivity (Wildman–Crippen MR) is 90.2 cm³/mol. The SMILES string of the molecule is CC(=O)[C](=Cc1ccccc1)[Pd][C](=Cc1ccccc1)C(C)=O. The zero-order valence-corrected chi connectivity index (χ0v) is 14.6. The Morgan fingerprint density at radius 1 is 0.696 bits per heavy atom. The second-order valence-electron chi connectivity index (χ2n) is 4.93. The summed E-state index contributed by atoms with van der Waals surface area (Å²) in [5, 5.41) is 0. The first-order chi connectivity index (χ1) is 11.1. The molecule has 120 valence electrons. The van der Waals surface area contributed by atoms with Crippen LogP contribution in [0, 0.1) is 0 Å². The van der Waals surface area contributed by atoms with Gasteiger partial charge < -0.3 is 0 Å². The summed E-state index contributed by atoms with van der Waals surface area (Å²) < 4.78 is 1.37. The van der Waals surface area contributed by atoms with Gasteiger partial charge in [-0.05, 0) is 0 Å². The standard InChI is InChI=1S/2C10H9O.Pd/c2*1-9(11)7-8-10-5-3-2-4-6-10;/h2*2-6,8H,1H3;. The van der Waals surface area contributed by atoms with Crippen molar-refractivity contribution in [2.75, 3.05) is 0 Å². The number of carbonyl (C=O) groups excluding carboxylic acids is 2. The molecule has 0 aromatic heterocycles. The molecule has 0 saturated heterocycles. The number of benzene rings is 2. The monoisotopic (exact) mass is 396 g/mol. The molecule has 0 atom stereocenters. The van der Waals surface area contributed by atoms with E-state index in [4.69, 9.17) is 0 Å². The van der Waals surface area contributed by atoms with E-state index in [-0.39, 0.29) is 29.5 Å². The van der Waals surface area contributed by atoms with Gasteiger partial charge in [0.1, 0.15) is 0 Å². The van der Waals surface area contributed by atoms with Crippen molar-refractivity contribution in [3.8, 4) is 0 Å². The van der Waals surface area contributed by atoms with Crippen LogP contribution in [0.2, 0.25) is 0 Å². The molecular formula is C20H18O2Pd. The number of Topliss-reactive ketones (excluding diaryl/α,β-unsaturated/α-hetero) is 2. The van der Waals surface area contributed by atoms with Gasteiger partial charge in [0.25, 0.3) is 0 Å². The van der Waals surface area contributed by atoms with Gasteiger partial charge in [0.05, 0.1) is 0 Å². The van der Waals surface area contributed by atoms with Crippen LogP contribution in [-0.4, -0.2) is 11.6 Å².